The second-order valence-corrected chi connectivity index (χ2v) is 8.03. The quantitative estimate of drug-likeness (QED) is 0.786. The molecule has 1 aliphatic heterocycles. The van der Waals surface area contributed by atoms with Crippen molar-refractivity contribution in [3.8, 4) is 0 Å². The molecule has 0 spiro atoms. The third-order valence-corrected chi connectivity index (χ3v) is 5.91. The number of anilines is 3. The van der Waals surface area contributed by atoms with Gasteiger partial charge in [0.25, 0.3) is 0 Å². The predicted octanol–water partition coefficient (Wildman–Crippen LogP) is 4.59. The molecular formula is C17H20F3N3O2S. The first-order valence-electron chi connectivity index (χ1n) is 7.98. The summed E-state index contributed by atoms with van der Waals surface area (Å²) in [6, 6.07) is 6.86. The molecule has 1 aliphatic rings. The molecule has 0 aliphatic carbocycles. The van der Waals surface area contributed by atoms with Crippen molar-refractivity contribution in [1.82, 2.24) is 4.90 Å². The van der Waals surface area contributed by atoms with Gasteiger partial charge in [-0.25, -0.2) is 21.8 Å². The van der Waals surface area contributed by atoms with Crippen molar-refractivity contribution in [2.24, 2.45) is 0 Å². The van der Waals surface area contributed by atoms with Gasteiger partial charge >= 0.3 is 0 Å². The molecule has 2 aromatic rings. The van der Waals surface area contributed by atoms with Crippen LogP contribution in [0.25, 0.3) is 0 Å². The summed E-state index contributed by atoms with van der Waals surface area (Å²) in [6.45, 7) is 0.814. The smallest absolute Gasteiger partial charge is 0.151 e. The maximum Gasteiger partial charge on any atom is 0.151 e. The summed E-state index contributed by atoms with van der Waals surface area (Å²) in [4.78, 5) is 1.92. The molecule has 0 amide bonds. The highest BCUT2D eigenvalue weighted by Crippen LogP contribution is 2.64. The highest BCUT2D eigenvalue weighted by molar-refractivity contribution is 8.27. The first-order chi connectivity index (χ1) is 12.2. The standard InChI is InChI=1S/C17H20F3N3O2S/c1-21(2)9-4-10-22-17-13(19)5-3-6-16(17)23(26(22,24)25)15-8-7-12(18)11-14(15)20/h3,5-8,11,24-25H,4,9-10H2,1-2H3. The van der Waals surface area contributed by atoms with Gasteiger partial charge in [-0.1, -0.05) is 6.07 Å². The molecule has 0 bridgehead atoms. The molecule has 9 heteroatoms. The second kappa shape index (κ2) is 6.99. The fraction of sp³-hybridized carbons (Fsp3) is 0.294. The van der Waals surface area contributed by atoms with Crippen LogP contribution in [-0.4, -0.2) is 41.2 Å². The van der Waals surface area contributed by atoms with Crippen molar-refractivity contribution >= 4 is 28.0 Å². The number of nitrogens with zero attached hydrogens (tertiary/aromatic N) is 3. The Labute approximate surface area is 151 Å². The van der Waals surface area contributed by atoms with E-state index in [1.54, 1.807) is 0 Å². The largest absolute Gasteiger partial charge is 0.309 e. The van der Waals surface area contributed by atoms with E-state index in [0.29, 0.717) is 19.0 Å². The lowest BCUT2D eigenvalue weighted by molar-refractivity contribution is 0.401. The van der Waals surface area contributed by atoms with Gasteiger partial charge in [-0.2, -0.15) is 0 Å². The Morgan fingerprint density at radius 3 is 2.38 bits per heavy atom. The summed E-state index contributed by atoms with van der Waals surface area (Å²) < 4.78 is 65.8. The van der Waals surface area contributed by atoms with Crippen LogP contribution in [0.2, 0.25) is 0 Å². The van der Waals surface area contributed by atoms with Crippen LogP contribution < -0.4 is 8.61 Å². The number of fused-ring (bicyclic) bond motifs is 1. The van der Waals surface area contributed by atoms with E-state index in [-0.39, 0.29) is 23.6 Å². The van der Waals surface area contributed by atoms with Gasteiger partial charge in [-0.15, -0.1) is 0 Å². The maximum atomic E-state index is 14.5. The van der Waals surface area contributed by atoms with Gasteiger partial charge in [-0.3, -0.25) is 9.11 Å². The van der Waals surface area contributed by atoms with Crippen molar-refractivity contribution in [2.45, 2.75) is 6.42 Å². The molecule has 142 valence electrons. The third-order valence-electron chi connectivity index (χ3n) is 4.07. The fourth-order valence-corrected chi connectivity index (χ4v) is 4.76. The molecule has 0 fully saturated rings. The second-order valence-electron chi connectivity index (χ2n) is 6.25. The minimum absolute atomic E-state index is 0.00465. The molecule has 5 nitrogen and oxygen atoms in total. The number of benzene rings is 2. The van der Waals surface area contributed by atoms with Gasteiger partial charge in [0.05, 0.1) is 5.69 Å². The Bertz CT molecular complexity index is 820. The average Bonchev–Trinajstić information content (AvgIpc) is 2.76. The molecule has 0 atom stereocenters. The molecule has 1 heterocycles. The van der Waals surface area contributed by atoms with Gasteiger partial charge < -0.3 is 4.90 Å². The normalized spacial score (nSPS) is 16.9. The summed E-state index contributed by atoms with van der Waals surface area (Å²) in [7, 11) is -0.00667. The number of hydrogen-bond donors (Lipinski definition) is 2. The van der Waals surface area contributed by atoms with Crippen LogP contribution >= 0.6 is 11.0 Å². The van der Waals surface area contributed by atoms with Crippen LogP contribution in [-0.2, 0) is 0 Å². The van der Waals surface area contributed by atoms with E-state index in [1.807, 2.05) is 19.0 Å². The zero-order valence-corrected chi connectivity index (χ0v) is 15.2. The Hall–Kier alpha value is -1.94. The molecular weight excluding hydrogens is 367 g/mol. The molecule has 2 N–H and O–H groups in total. The van der Waals surface area contributed by atoms with Crippen molar-refractivity contribution in [1.29, 1.82) is 0 Å². The molecule has 0 saturated heterocycles. The van der Waals surface area contributed by atoms with Crippen molar-refractivity contribution in [3.05, 3.63) is 53.8 Å². The van der Waals surface area contributed by atoms with Gasteiger partial charge in [0.1, 0.15) is 23.0 Å². The van der Waals surface area contributed by atoms with Crippen LogP contribution in [0.15, 0.2) is 36.4 Å². The monoisotopic (exact) mass is 387 g/mol. The molecule has 2 aromatic carbocycles. The van der Waals surface area contributed by atoms with E-state index in [1.165, 1.54) is 18.2 Å². The number of para-hydroxylation sites is 1. The Morgan fingerprint density at radius 2 is 1.73 bits per heavy atom. The Kier molecular flexibility index (Phi) is 5.07. The van der Waals surface area contributed by atoms with E-state index in [9.17, 15) is 22.3 Å². The lowest BCUT2D eigenvalue weighted by Gasteiger charge is -2.43. The van der Waals surface area contributed by atoms with Crippen LogP contribution in [0, 0.1) is 17.5 Å². The topological polar surface area (TPSA) is 50.2 Å². The molecule has 0 unspecified atom stereocenters. The SMILES string of the molecule is CN(C)CCCN1c2c(F)cccc2N(c2ccc(F)cc2F)S1(O)O. The first-order valence-corrected chi connectivity index (χ1v) is 9.44. The van der Waals surface area contributed by atoms with Crippen LogP contribution in [0.5, 0.6) is 0 Å². The van der Waals surface area contributed by atoms with Gasteiger partial charge in [0.15, 0.2) is 5.82 Å². The van der Waals surface area contributed by atoms with Crippen LogP contribution in [0.1, 0.15) is 6.42 Å². The number of hydrogen-bond acceptors (Lipinski definition) is 5. The molecule has 26 heavy (non-hydrogen) atoms. The zero-order valence-electron chi connectivity index (χ0n) is 14.4. The summed E-state index contributed by atoms with van der Waals surface area (Å²) in [5, 5.41) is 0. The number of rotatable bonds is 5. The van der Waals surface area contributed by atoms with E-state index in [4.69, 9.17) is 0 Å². The van der Waals surface area contributed by atoms with Crippen molar-refractivity contribution in [3.63, 3.8) is 0 Å². The molecule has 0 radical (unpaired) electrons. The van der Waals surface area contributed by atoms with Crippen LogP contribution in [0.3, 0.4) is 0 Å². The Balaban J connectivity index is 2.07. The minimum atomic E-state index is -3.75. The van der Waals surface area contributed by atoms with Gasteiger partial charge in [-0.05, 0) is 62.3 Å². The lowest BCUT2D eigenvalue weighted by Crippen LogP contribution is -2.33. The highest BCUT2D eigenvalue weighted by atomic mass is 32.3. The van der Waals surface area contributed by atoms with Crippen LogP contribution in [0.4, 0.5) is 30.2 Å². The van der Waals surface area contributed by atoms with E-state index in [0.717, 1.165) is 20.7 Å². The lowest BCUT2D eigenvalue weighted by atomic mass is 10.2. The first kappa shape index (κ1) is 18.8. The minimum Gasteiger partial charge on any atom is -0.309 e. The molecule has 3 rings (SSSR count). The van der Waals surface area contributed by atoms with E-state index < -0.39 is 28.4 Å². The van der Waals surface area contributed by atoms with Gasteiger partial charge in [0, 0.05) is 12.6 Å². The van der Waals surface area contributed by atoms with E-state index in [2.05, 4.69) is 0 Å². The van der Waals surface area contributed by atoms with E-state index >= 15 is 0 Å². The van der Waals surface area contributed by atoms with Gasteiger partial charge in [0.2, 0.25) is 0 Å². The fourth-order valence-electron chi connectivity index (χ4n) is 2.94. The summed E-state index contributed by atoms with van der Waals surface area (Å²) in [5.41, 5.74) is -0.108. The maximum absolute atomic E-state index is 14.5. The molecule has 0 saturated carbocycles. The number of halogens is 3. The summed E-state index contributed by atoms with van der Waals surface area (Å²) in [5.74, 6) is -2.39. The third kappa shape index (κ3) is 3.23. The average molecular weight is 387 g/mol. The van der Waals surface area contributed by atoms with Crippen molar-refractivity contribution < 1.29 is 22.3 Å². The Morgan fingerprint density at radius 1 is 1.00 bits per heavy atom. The molecule has 0 aromatic heterocycles. The summed E-state index contributed by atoms with van der Waals surface area (Å²) in [6.07, 6.45) is 0.538. The van der Waals surface area contributed by atoms with Crippen molar-refractivity contribution in [2.75, 3.05) is 35.8 Å². The zero-order chi connectivity index (χ0) is 19.1. The predicted molar refractivity (Wildman–Crippen MR) is 98.3 cm³/mol. The summed E-state index contributed by atoms with van der Waals surface area (Å²) >= 11 is 0. The highest BCUT2D eigenvalue weighted by Gasteiger charge is 2.44.